The van der Waals surface area contributed by atoms with Crippen LogP contribution in [0.5, 0.6) is 0 Å². The number of nitrogens with zero attached hydrogens (tertiary/aromatic N) is 2. The van der Waals surface area contributed by atoms with Crippen LogP contribution in [0.1, 0.15) is 43.1 Å². The molecule has 26 heavy (non-hydrogen) atoms. The fourth-order valence-electron chi connectivity index (χ4n) is 2.90. The van der Waals surface area contributed by atoms with Crippen molar-refractivity contribution < 1.29 is 4.79 Å². The van der Waals surface area contributed by atoms with Gasteiger partial charge in [0.25, 0.3) is 0 Å². The molecule has 0 saturated heterocycles. The molecule has 0 aliphatic carbocycles. The molecule has 5 nitrogen and oxygen atoms in total. The highest BCUT2D eigenvalue weighted by atomic mass is 35.5. The standard InChI is InChI=1S/C19H27ClN4O.ClH/c1-4-5-6-16(12-21)22-19(25)11-18-13(2)23-24(14(18)3)17-9-7-15(20)8-10-17;/h7-10,16H,4-6,11-12,21H2,1-3H3,(H,22,25);1H. The molecule has 1 unspecified atom stereocenters. The van der Waals surface area contributed by atoms with E-state index in [1.165, 1.54) is 0 Å². The van der Waals surface area contributed by atoms with Gasteiger partial charge in [-0.1, -0.05) is 31.4 Å². The second-order valence-electron chi connectivity index (χ2n) is 6.36. The Hall–Kier alpha value is -1.56. The summed E-state index contributed by atoms with van der Waals surface area (Å²) in [6, 6.07) is 7.54. The Morgan fingerprint density at radius 1 is 1.31 bits per heavy atom. The van der Waals surface area contributed by atoms with Gasteiger partial charge in [0.2, 0.25) is 5.91 Å². The summed E-state index contributed by atoms with van der Waals surface area (Å²) in [5.41, 5.74) is 9.48. The Kier molecular flexibility index (Phi) is 9.13. The first-order valence-electron chi connectivity index (χ1n) is 8.76. The zero-order chi connectivity index (χ0) is 18.4. The number of halogens is 2. The van der Waals surface area contributed by atoms with Gasteiger partial charge >= 0.3 is 0 Å². The minimum atomic E-state index is -0.00610. The summed E-state index contributed by atoms with van der Waals surface area (Å²) >= 11 is 5.95. The van der Waals surface area contributed by atoms with Gasteiger partial charge in [0.15, 0.2) is 0 Å². The van der Waals surface area contributed by atoms with E-state index in [4.69, 9.17) is 17.3 Å². The Labute approximate surface area is 166 Å². The third-order valence-electron chi connectivity index (χ3n) is 4.41. The summed E-state index contributed by atoms with van der Waals surface area (Å²) in [6.07, 6.45) is 3.39. The van der Waals surface area contributed by atoms with E-state index < -0.39 is 0 Å². The highest BCUT2D eigenvalue weighted by molar-refractivity contribution is 6.30. The Morgan fingerprint density at radius 2 is 1.96 bits per heavy atom. The van der Waals surface area contributed by atoms with Gasteiger partial charge < -0.3 is 11.1 Å². The fourth-order valence-corrected chi connectivity index (χ4v) is 3.03. The van der Waals surface area contributed by atoms with Gasteiger partial charge in [-0.05, 0) is 44.5 Å². The van der Waals surface area contributed by atoms with Gasteiger partial charge in [0, 0.05) is 28.9 Å². The largest absolute Gasteiger partial charge is 0.352 e. The van der Waals surface area contributed by atoms with E-state index in [2.05, 4.69) is 17.3 Å². The van der Waals surface area contributed by atoms with Crippen molar-refractivity contribution in [2.24, 2.45) is 5.73 Å². The smallest absolute Gasteiger partial charge is 0.224 e. The number of unbranched alkanes of at least 4 members (excludes halogenated alkanes) is 1. The minimum absolute atomic E-state index is 0. The van der Waals surface area contributed by atoms with Crippen LogP contribution in [-0.2, 0) is 11.2 Å². The second-order valence-corrected chi connectivity index (χ2v) is 6.79. The molecule has 1 heterocycles. The topological polar surface area (TPSA) is 72.9 Å². The van der Waals surface area contributed by atoms with E-state index >= 15 is 0 Å². The summed E-state index contributed by atoms with van der Waals surface area (Å²) in [6.45, 7) is 6.51. The number of hydrogen-bond donors (Lipinski definition) is 2. The number of benzene rings is 1. The molecule has 2 aromatic rings. The Balaban J connectivity index is 0.00000338. The lowest BCUT2D eigenvalue weighted by atomic mass is 10.1. The molecule has 0 aliphatic rings. The van der Waals surface area contributed by atoms with Crippen molar-refractivity contribution in [3.63, 3.8) is 0 Å². The Morgan fingerprint density at radius 3 is 2.54 bits per heavy atom. The van der Waals surface area contributed by atoms with E-state index in [1.54, 1.807) is 0 Å². The van der Waals surface area contributed by atoms with Crippen LogP contribution < -0.4 is 11.1 Å². The molecule has 1 atom stereocenters. The van der Waals surface area contributed by atoms with Gasteiger partial charge in [-0.15, -0.1) is 12.4 Å². The van der Waals surface area contributed by atoms with E-state index in [-0.39, 0.29) is 24.4 Å². The zero-order valence-corrected chi connectivity index (χ0v) is 17.2. The van der Waals surface area contributed by atoms with E-state index in [1.807, 2.05) is 42.8 Å². The predicted octanol–water partition coefficient (Wildman–Crippen LogP) is 3.74. The van der Waals surface area contributed by atoms with E-state index in [9.17, 15) is 4.79 Å². The summed E-state index contributed by atoms with van der Waals surface area (Å²) in [4.78, 5) is 12.4. The van der Waals surface area contributed by atoms with Crippen LogP contribution in [0.2, 0.25) is 5.02 Å². The van der Waals surface area contributed by atoms with Crippen molar-refractivity contribution in [1.82, 2.24) is 15.1 Å². The molecule has 0 saturated carbocycles. The highest BCUT2D eigenvalue weighted by Crippen LogP contribution is 2.20. The maximum absolute atomic E-state index is 12.4. The van der Waals surface area contributed by atoms with Crippen LogP contribution in [0.3, 0.4) is 0 Å². The number of aromatic nitrogens is 2. The SMILES string of the molecule is CCCCC(CN)NC(=O)Cc1c(C)nn(-c2ccc(Cl)cc2)c1C.Cl. The lowest BCUT2D eigenvalue weighted by Crippen LogP contribution is -2.41. The third kappa shape index (κ3) is 5.73. The van der Waals surface area contributed by atoms with Crippen molar-refractivity contribution in [3.05, 3.63) is 46.2 Å². The zero-order valence-electron chi connectivity index (χ0n) is 15.6. The summed E-state index contributed by atoms with van der Waals surface area (Å²) < 4.78 is 1.85. The number of nitrogens with one attached hydrogen (secondary N) is 1. The van der Waals surface area contributed by atoms with Crippen molar-refractivity contribution in [3.8, 4) is 5.69 Å². The number of carbonyl (C=O) groups excluding carboxylic acids is 1. The fraction of sp³-hybridized carbons (Fsp3) is 0.474. The number of nitrogens with two attached hydrogens (primary N) is 1. The molecule has 0 bridgehead atoms. The first-order chi connectivity index (χ1) is 12.0. The highest BCUT2D eigenvalue weighted by Gasteiger charge is 2.17. The predicted molar refractivity (Wildman–Crippen MR) is 110 cm³/mol. The van der Waals surface area contributed by atoms with E-state index in [0.29, 0.717) is 18.0 Å². The molecular formula is C19H28Cl2N4O. The van der Waals surface area contributed by atoms with Crippen molar-refractivity contribution in [1.29, 1.82) is 0 Å². The first-order valence-corrected chi connectivity index (χ1v) is 9.14. The number of aryl methyl sites for hydroxylation is 1. The van der Waals surface area contributed by atoms with Crippen molar-refractivity contribution in [2.45, 2.75) is 52.5 Å². The molecule has 0 aliphatic heterocycles. The van der Waals surface area contributed by atoms with Crippen LogP contribution >= 0.6 is 24.0 Å². The first kappa shape index (κ1) is 22.5. The molecule has 2 rings (SSSR count). The Bertz CT molecular complexity index is 713. The lowest BCUT2D eigenvalue weighted by molar-refractivity contribution is -0.121. The van der Waals surface area contributed by atoms with Gasteiger partial charge in [0.05, 0.1) is 17.8 Å². The number of rotatable bonds is 8. The number of carbonyl (C=O) groups is 1. The van der Waals surface area contributed by atoms with Crippen LogP contribution in [0.25, 0.3) is 5.69 Å². The molecule has 0 spiro atoms. The minimum Gasteiger partial charge on any atom is -0.352 e. The molecule has 1 aromatic carbocycles. The maximum Gasteiger partial charge on any atom is 0.224 e. The van der Waals surface area contributed by atoms with Crippen molar-refractivity contribution >= 4 is 29.9 Å². The van der Waals surface area contributed by atoms with Crippen LogP contribution in [0.15, 0.2) is 24.3 Å². The number of hydrogen-bond acceptors (Lipinski definition) is 3. The average Bonchev–Trinajstić information content (AvgIpc) is 2.87. The summed E-state index contributed by atoms with van der Waals surface area (Å²) in [7, 11) is 0. The monoisotopic (exact) mass is 398 g/mol. The second kappa shape index (κ2) is 10.6. The van der Waals surface area contributed by atoms with E-state index in [0.717, 1.165) is 41.9 Å². The van der Waals surface area contributed by atoms with Crippen molar-refractivity contribution in [2.75, 3.05) is 6.54 Å². The van der Waals surface area contributed by atoms with Crippen LogP contribution in [0, 0.1) is 13.8 Å². The number of amides is 1. The lowest BCUT2D eigenvalue weighted by Gasteiger charge is -2.16. The van der Waals surface area contributed by atoms with Gasteiger partial charge in [0.1, 0.15) is 0 Å². The van der Waals surface area contributed by atoms with Gasteiger partial charge in [-0.2, -0.15) is 5.10 Å². The summed E-state index contributed by atoms with van der Waals surface area (Å²) in [5, 5.41) is 8.31. The van der Waals surface area contributed by atoms with Gasteiger partial charge in [-0.25, -0.2) is 4.68 Å². The molecule has 0 fully saturated rings. The van der Waals surface area contributed by atoms with Gasteiger partial charge in [-0.3, -0.25) is 4.79 Å². The molecule has 1 aromatic heterocycles. The van der Waals surface area contributed by atoms with Crippen LogP contribution in [0.4, 0.5) is 0 Å². The normalized spacial score (nSPS) is 11.7. The quantitative estimate of drug-likeness (QED) is 0.710. The average molecular weight is 399 g/mol. The molecule has 144 valence electrons. The molecule has 0 radical (unpaired) electrons. The third-order valence-corrected chi connectivity index (χ3v) is 4.66. The molecular weight excluding hydrogens is 371 g/mol. The maximum atomic E-state index is 12.4. The molecule has 1 amide bonds. The summed E-state index contributed by atoms with van der Waals surface area (Å²) in [5.74, 6) is -0.00610. The van der Waals surface area contributed by atoms with Crippen LogP contribution in [-0.4, -0.2) is 28.3 Å². The molecule has 3 N–H and O–H groups in total. The molecule has 7 heteroatoms.